The van der Waals surface area contributed by atoms with Gasteiger partial charge in [-0.3, -0.25) is 4.79 Å². The van der Waals surface area contributed by atoms with Crippen LogP contribution in [0.4, 0.5) is 0 Å². The van der Waals surface area contributed by atoms with Crippen molar-refractivity contribution in [2.45, 2.75) is 6.92 Å². The standard InChI is InChI=1S/C20H20N2O3/c1-15-3-7-19(8-4-15)25-12-11-22-20(23)17(14-21)13-16-5-9-18(24-2)10-6-16/h3-10,13H,11-12H2,1-2H3,(H,22,23)/b17-13+. The molecule has 0 bridgehead atoms. The van der Waals surface area contributed by atoms with Gasteiger partial charge in [-0.2, -0.15) is 5.26 Å². The topological polar surface area (TPSA) is 71.3 Å². The number of benzene rings is 2. The first-order chi connectivity index (χ1) is 12.1. The molecular weight excluding hydrogens is 316 g/mol. The number of rotatable bonds is 7. The molecule has 0 spiro atoms. The SMILES string of the molecule is COc1ccc(/C=C(\C#N)C(=O)NCCOc2ccc(C)cc2)cc1. The van der Waals surface area contributed by atoms with Crippen LogP contribution in [-0.4, -0.2) is 26.2 Å². The number of methoxy groups -OCH3 is 1. The van der Waals surface area contributed by atoms with Crippen molar-refractivity contribution in [2.24, 2.45) is 0 Å². The summed E-state index contributed by atoms with van der Waals surface area (Å²) in [6, 6.07) is 16.7. The van der Waals surface area contributed by atoms with E-state index in [0.29, 0.717) is 18.9 Å². The van der Waals surface area contributed by atoms with Gasteiger partial charge in [-0.25, -0.2) is 0 Å². The summed E-state index contributed by atoms with van der Waals surface area (Å²) in [5, 5.41) is 11.9. The Morgan fingerprint density at radius 1 is 1.12 bits per heavy atom. The molecule has 0 aliphatic carbocycles. The Kier molecular flexibility index (Phi) is 6.61. The minimum Gasteiger partial charge on any atom is -0.497 e. The van der Waals surface area contributed by atoms with Crippen LogP contribution in [0.5, 0.6) is 11.5 Å². The molecule has 2 aromatic rings. The molecule has 1 amide bonds. The summed E-state index contributed by atoms with van der Waals surface area (Å²) in [5.41, 5.74) is 1.95. The maximum absolute atomic E-state index is 12.1. The quantitative estimate of drug-likeness (QED) is 0.479. The van der Waals surface area contributed by atoms with E-state index in [-0.39, 0.29) is 5.57 Å². The number of nitrogens with one attached hydrogen (secondary N) is 1. The van der Waals surface area contributed by atoms with Crippen molar-refractivity contribution in [1.29, 1.82) is 5.26 Å². The number of carbonyl (C=O) groups is 1. The van der Waals surface area contributed by atoms with E-state index in [2.05, 4.69) is 5.32 Å². The van der Waals surface area contributed by atoms with Gasteiger partial charge in [0.1, 0.15) is 29.7 Å². The lowest BCUT2D eigenvalue weighted by atomic mass is 10.1. The molecular formula is C20H20N2O3. The Hall–Kier alpha value is -3.26. The highest BCUT2D eigenvalue weighted by Crippen LogP contribution is 2.14. The summed E-state index contributed by atoms with van der Waals surface area (Å²) in [7, 11) is 1.58. The molecule has 0 radical (unpaired) electrons. The number of aryl methyl sites for hydroxylation is 1. The van der Waals surface area contributed by atoms with Crippen LogP contribution in [0.15, 0.2) is 54.1 Å². The molecule has 5 heteroatoms. The van der Waals surface area contributed by atoms with Crippen molar-refractivity contribution in [2.75, 3.05) is 20.3 Å². The third kappa shape index (κ3) is 5.70. The van der Waals surface area contributed by atoms with Gasteiger partial charge >= 0.3 is 0 Å². The van der Waals surface area contributed by atoms with Crippen LogP contribution < -0.4 is 14.8 Å². The highest BCUT2D eigenvalue weighted by atomic mass is 16.5. The molecule has 128 valence electrons. The zero-order chi connectivity index (χ0) is 18.1. The van der Waals surface area contributed by atoms with Crippen LogP contribution in [0.1, 0.15) is 11.1 Å². The monoisotopic (exact) mass is 336 g/mol. The van der Waals surface area contributed by atoms with E-state index in [9.17, 15) is 10.1 Å². The summed E-state index contributed by atoms with van der Waals surface area (Å²) in [6.45, 7) is 2.65. The number of hydrogen-bond acceptors (Lipinski definition) is 4. The van der Waals surface area contributed by atoms with Crippen LogP contribution in [0.3, 0.4) is 0 Å². The van der Waals surface area contributed by atoms with Gasteiger partial charge in [0.2, 0.25) is 0 Å². The third-order valence-corrected chi connectivity index (χ3v) is 3.47. The van der Waals surface area contributed by atoms with Crippen LogP contribution in [0, 0.1) is 18.3 Å². The number of nitrogens with zero attached hydrogens (tertiary/aromatic N) is 1. The Morgan fingerprint density at radius 2 is 1.76 bits per heavy atom. The molecule has 0 fully saturated rings. The van der Waals surface area contributed by atoms with Crippen molar-refractivity contribution in [3.05, 3.63) is 65.2 Å². The Morgan fingerprint density at radius 3 is 2.36 bits per heavy atom. The van der Waals surface area contributed by atoms with Gasteiger partial charge in [0.15, 0.2) is 0 Å². The van der Waals surface area contributed by atoms with E-state index in [4.69, 9.17) is 9.47 Å². The fourth-order valence-corrected chi connectivity index (χ4v) is 2.08. The van der Waals surface area contributed by atoms with E-state index < -0.39 is 5.91 Å². The molecule has 5 nitrogen and oxygen atoms in total. The van der Waals surface area contributed by atoms with E-state index in [1.165, 1.54) is 6.08 Å². The first-order valence-electron chi connectivity index (χ1n) is 7.86. The highest BCUT2D eigenvalue weighted by molar-refractivity contribution is 6.01. The predicted octanol–water partition coefficient (Wildman–Crippen LogP) is 3.11. The van der Waals surface area contributed by atoms with Gasteiger partial charge in [0.05, 0.1) is 13.7 Å². The Balaban J connectivity index is 1.85. The minimum atomic E-state index is -0.425. The third-order valence-electron chi connectivity index (χ3n) is 3.47. The summed E-state index contributed by atoms with van der Waals surface area (Å²) >= 11 is 0. The normalized spacial score (nSPS) is 10.7. The van der Waals surface area contributed by atoms with Gasteiger partial charge < -0.3 is 14.8 Å². The summed E-state index contributed by atoms with van der Waals surface area (Å²) in [6.07, 6.45) is 1.54. The van der Waals surface area contributed by atoms with Crippen LogP contribution in [-0.2, 0) is 4.79 Å². The van der Waals surface area contributed by atoms with Gasteiger partial charge in [-0.1, -0.05) is 29.8 Å². The van der Waals surface area contributed by atoms with Gasteiger partial charge in [0, 0.05) is 0 Å². The van der Waals surface area contributed by atoms with Crippen molar-refractivity contribution in [1.82, 2.24) is 5.32 Å². The maximum Gasteiger partial charge on any atom is 0.262 e. The number of nitriles is 1. The summed E-state index contributed by atoms with van der Waals surface area (Å²) < 4.78 is 10.6. The summed E-state index contributed by atoms with van der Waals surface area (Å²) in [5.74, 6) is 1.04. The first kappa shape index (κ1) is 18.1. The fourth-order valence-electron chi connectivity index (χ4n) is 2.08. The molecule has 0 atom stereocenters. The fraction of sp³-hybridized carbons (Fsp3) is 0.200. The van der Waals surface area contributed by atoms with Crippen molar-refractivity contribution < 1.29 is 14.3 Å². The van der Waals surface area contributed by atoms with E-state index in [1.54, 1.807) is 31.4 Å². The predicted molar refractivity (Wildman–Crippen MR) is 96.3 cm³/mol. The van der Waals surface area contributed by atoms with Crippen molar-refractivity contribution >= 4 is 12.0 Å². The molecule has 0 aliphatic heterocycles. The minimum absolute atomic E-state index is 0.0421. The number of ether oxygens (including phenoxy) is 2. The average Bonchev–Trinajstić information content (AvgIpc) is 2.65. The number of hydrogen-bond donors (Lipinski definition) is 1. The van der Waals surface area contributed by atoms with Crippen molar-refractivity contribution in [3.8, 4) is 17.6 Å². The van der Waals surface area contributed by atoms with Crippen LogP contribution in [0.25, 0.3) is 6.08 Å². The second kappa shape index (κ2) is 9.14. The number of amides is 1. The summed E-state index contributed by atoms with van der Waals surface area (Å²) in [4.78, 5) is 12.1. The highest BCUT2D eigenvalue weighted by Gasteiger charge is 2.08. The van der Waals surface area contributed by atoms with E-state index in [1.807, 2.05) is 37.3 Å². The van der Waals surface area contributed by atoms with Crippen molar-refractivity contribution in [3.63, 3.8) is 0 Å². The van der Waals surface area contributed by atoms with E-state index in [0.717, 1.165) is 16.9 Å². The largest absolute Gasteiger partial charge is 0.497 e. The second-order valence-corrected chi connectivity index (χ2v) is 5.36. The average molecular weight is 336 g/mol. The van der Waals surface area contributed by atoms with Gasteiger partial charge in [-0.05, 0) is 42.8 Å². The molecule has 0 saturated heterocycles. The first-order valence-corrected chi connectivity index (χ1v) is 7.86. The molecule has 0 heterocycles. The molecule has 0 aromatic heterocycles. The van der Waals surface area contributed by atoms with Crippen LogP contribution >= 0.6 is 0 Å². The van der Waals surface area contributed by atoms with E-state index >= 15 is 0 Å². The Labute approximate surface area is 147 Å². The smallest absolute Gasteiger partial charge is 0.262 e. The van der Waals surface area contributed by atoms with Gasteiger partial charge in [-0.15, -0.1) is 0 Å². The maximum atomic E-state index is 12.1. The lowest BCUT2D eigenvalue weighted by Crippen LogP contribution is -2.29. The molecule has 2 rings (SSSR count). The molecule has 0 saturated carbocycles. The molecule has 2 aromatic carbocycles. The molecule has 1 N–H and O–H groups in total. The van der Waals surface area contributed by atoms with Gasteiger partial charge in [0.25, 0.3) is 5.91 Å². The zero-order valence-electron chi connectivity index (χ0n) is 14.3. The second-order valence-electron chi connectivity index (χ2n) is 5.36. The molecule has 25 heavy (non-hydrogen) atoms. The lowest BCUT2D eigenvalue weighted by molar-refractivity contribution is -0.117. The van der Waals surface area contributed by atoms with Crippen LogP contribution in [0.2, 0.25) is 0 Å². The Bertz CT molecular complexity index is 772. The molecule has 0 unspecified atom stereocenters. The number of carbonyl (C=O) groups excluding carboxylic acids is 1. The molecule has 0 aliphatic rings. The lowest BCUT2D eigenvalue weighted by Gasteiger charge is -2.07. The zero-order valence-corrected chi connectivity index (χ0v) is 14.3.